The lowest BCUT2D eigenvalue weighted by molar-refractivity contribution is -0.118. The number of hydrogen-bond acceptors (Lipinski definition) is 3. The molecule has 100 valence electrons. The summed E-state index contributed by atoms with van der Waals surface area (Å²) in [4.78, 5) is 13.3. The third kappa shape index (κ3) is 4.00. The minimum absolute atomic E-state index is 0.0516. The molecule has 1 unspecified atom stereocenters. The van der Waals surface area contributed by atoms with Crippen LogP contribution in [0.25, 0.3) is 0 Å². The highest BCUT2D eigenvalue weighted by Gasteiger charge is 2.17. The molecule has 1 aromatic rings. The summed E-state index contributed by atoms with van der Waals surface area (Å²) in [6.45, 7) is 4.11. The van der Waals surface area contributed by atoms with Crippen molar-refractivity contribution in [3.63, 3.8) is 0 Å². The van der Waals surface area contributed by atoms with Gasteiger partial charge in [0.2, 0.25) is 0 Å². The fraction of sp³-hybridized carbons (Fsp3) is 0.500. The molecule has 0 heterocycles. The van der Waals surface area contributed by atoms with Crippen molar-refractivity contribution in [1.29, 1.82) is 0 Å². The predicted molar refractivity (Wildman–Crippen MR) is 74.3 cm³/mol. The lowest BCUT2D eigenvalue weighted by Gasteiger charge is -2.24. The molecular formula is C14H20ClNO2. The van der Waals surface area contributed by atoms with Crippen LogP contribution in [-0.2, 0) is 4.79 Å². The Morgan fingerprint density at radius 3 is 2.56 bits per heavy atom. The lowest BCUT2D eigenvalue weighted by Crippen LogP contribution is -2.22. The maximum atomic E-state index is 11.3. The highest BCUT2D eigenvalue weighted by Crippen LogP contribution is 2.30. The van der Waals surface area contributed by atoms with Crippen molar-refractivity contribution in [3.05, 3.63) is 28.8 Å². The Labute approximate surface area is 114 Å². The van der Waals surface area contributed by atoms with E-state index in [4.69, 9.17) is 16.3 Å². The van der Waals surface area contributed by atoms with Crippen molar-refractivity contribution in [2.24, 2.45) is 0 Å². The molecule has 18 heavy (non-hydrogen) atoms. The molecule has 3 nitrogen and oxygen atoms in total. The molecule has 1 atom stereocenters. The highest BCUT2D eigenvalue weighted by atomic mass is 35.5. The van der Waals surface area contributed by atoms with E-state index in [0.29, 0.717) is 23.8 Å². The van der Waals surface area contributed by atoms with E-state index in [-0.39, 0.29) is 11.8 Å². The minimum Gasteiger partial charge on any atom is -0.492 e. The van der Waals surface area contributed by atoms with Gasteiger partial charge in [0, 0.05) is 12.5 Å². The highest BCUT2D eigenvalue weighted by molar-refractivity contribution is 6.32. The first kappa shape index (κ1) is 15.0. The van der Waals surface area contributed by atoms with E-state index >= 15 is 0 Å². The number of benzene rings is 1. The van der Waals surface area contributed by atoms with Crippen LogP contribution in [-0.4, -0.2) is 31.4 Å². The van der Waals surface area contributed by atoms with Crippen LogP contribution in [0.1, 0.15) is 31.9 Å². The van der Waals surface area contributed by atoms with Crippen molar-refractivity contribution in [1.82, 2.24) is 4.90 Å². The second-order valence-electron chi connectivity index (χ2n) is 4.51. The summed E-state index contributed by atoms with van der Waals surface area (Å²) in [7, 11) is 3.91. The van der Waals surface area contributed by atoms with Gasteiger partial charge in [-0.05, 0) is 45.6 Å². The molecule has 0 saturated carbocycles. The number of carbonyl (C=O) groups excluding carboxylic acids is 1. The first-order valence-electron chi connectivity index (χ1n) is 6.03. The summed E-state index contributed by atoms with van der Waals surface area (Å²) in [6, 6.07) is 5.75. The Kier molecular flexibility index (Phi) is 5.63. The van der Waals surface area contributed by atoms with Crippen LogP contribution in [0.15, 0.2) is 18.2 Å². The molecule has 0 spiro atoms. The fourth-order valence-electron chi connectivity index (χ4n) is 1.87. The molecule has 0 aliphatic rings. The normalized spacial score (nSPS) is 12.6. The van der Waals surface area contributed by atoms with E-state index < -0.39 is 0 Å². The second-order valence-corrected chi connectivity index (χ2v) is 4.92. The first-order valence-corrected chi connectivity index (χ1v) is 6.41. The van der Waals surface area contributed by atoms with Crippen LogP contribution in [0.3, 0.4) is 0 Å². The molecule has 4 heteroatoms. The molecule has 0 bridgehead atoms. The number of Topliss-reactive ketones (excluding diaryl/α,β-unsaturated/α-hetero) is 1. The van der Waals surface area contributed by atoms with Gasteiger partial charge >= 0.3 is 0 Å². The summed E-state index contributed by atoms with van der Waals surface area (Å²) in [5.74, 6) is 0.849. The zero-order valence-corrected chi connectivity index (χ0v) is 12.1. The van der Waals surface area contributed by atoms with E-state index in [1.807, 2.05) is 44.1 Å². The van der Waals surface area contributed by atoms with Gasteiger partial charge in [-0.25, -0.2) is 0 Å². The quantitative estimate of drug-likeness (QED) is 0.793. The van der Waals surface area contributed by atoms with Gasteiger partial charge in [0.25, 0.3) is 0 Å². The molecule has 0 radical (unpaired) electrons. The average Bonchev–Trinajstić information content (AvgIpc) is 2.28. The number of halogens is 1. The molecule has 1 aromatic carbocycles. The smallest absolute Gasteiger partial charge is 0.137 e. The number of carbonyl (C=O) groups is 1. The number of ether oxygens (including phenoxy) is 1. The average molecular weight is 270 g/mol. The van der Waals surface area contributed by atoms with Crippen molar-refractivity contribution < 1.29 is 9.53 Å². The number of rotatable bonds is 6. The van der Waals surface area contributed by atoms with E-state index in [1.54, 1.807) is 6.92 Å². The number of nitrogens with zero attached hydrogens (tertiary/aromatic N) is 1. The van der Waals surface area contributed by atoms with E-state index in [1.165, 1.54) is 0 Å². The SMILES string of the molecule is CCOc1ccc(C(CC(C)=O)N(C)C)cc1Cl. The molecule has 1 rings (SSSR count). The van der Waals surface area contributed by atoms with Crippen LogP contribution in [0.2, 0.25) is 5.02 Å². The van der Waals surface area contributed by atoms with Gasteiger partial charge in [0.05, 0.1) is 11.6 Å². The number of hydrogen-bond donors (Lipinski definition) is 0. The van der Waals surface area contributed by atoms with Gasteiger partial charge in [-0.2, -0.15) is 0 Å². The van der Waals surface area contributed by atoms with Gasteiger partial charge in [0.15, 0.2) is 0 Å². The Morgan fingerprint density at radius 2 is 2.11 bits per heavy atom. The second kappa shape index (κ2) is 6.76. The Balaban J connectivity index is 2.99. The van der Waals surface area contributed by atoms with Gasteiger partial charge < -0.3 is 9.64 Å². The summed E-state index contributed by atoms with van der Waals surface area (Å²) >= 11 is 6.17. The molecule has 0 fully saturated rings. The van der Waals surface area contributed by atoms with E-state index in [2.05, 4.69) is 0 Å². The standard InChI is InChI=1S/C14H20ClNO2/c1-5-18-14-7-6-11(9-12(14)15)13(16(3)4)8-10(2)17/h6-7,9,13H,5,8H2,1-4H3. The Bertz CT molecular complexity index is 418. The molecular weight excluding hydrogens is 250 g/mol. The topological polar surface area (TPSA) is 29.5 Å². The molecule has 0 aromatic heterocycles. The third-order valence-corrected chi connectivity index (χ3v) is 3.04. The van der Waals surface area contributed by atoms with Crippen LogP contribution in [0.4, 0.5) is 0 Å². The van der Waals surface area contributed by atoms with Gasteiger partial charge in [0.1, 0.15) is 11.5 Å². The van der Waals surface area contributed by atoms with Gasteiger partial charge in [-0.15, -0.1) is 0 Å². The largest absolute Gasteiger partial charge is 0.492 e. The maximum Gasteiger partial charge on any atom is 0.137 e. The van der Waals surface area contributed by atoms with E-state index in [0.717, 1.165) is 5.56 Å². The fourth-order valence-corrected chi connectivity index (χ4v) is 2.11. The van der Waals surface area contributed by atoms with Crippen LogP contribution >= 0.6 is 11.6 Å². The molecule has 0 amide bonds. The van der Waals surface area contributed by atoms with E-state index in [9.17, 15) is 4.79 Å². The van der Waals surface area contributed by atoms with Crippen molar-refractivity contribution in [2.75, 3.05) is 20.7 Å². The maximum absolute atomic E-state index is 11.3. The number of ketones is 1. The summed E-state index contributed by atoms with van der Waals surface area (Å²) in [5.41, 5.74) is 1.03. The van der Waals surface area contributed by atoms with Crippen molar-refractivity contribution in [3.8, 4) is 5.75 Å². The monoisotopic (exact) mass is 269 g/mol. The van der Waals surface area contributed by atoms with Crippen molar-refractivity contribution in [2.45, 2.75) is 26.3 Å². The third-order valence-electron chi connectivity index (χ3n) is 2.74. The molecule has 0 aliphatic carbocycles. The Morgan fingerprint density at radius 1 is 1.44 bits per heavy atom. The summed E-state index contributed by atoms with van der Waals surface area (Å²) in [5, 5.41) is 0.588. The first-order chi connectivity index (χ1) is 8.45. The van der Waals surface area contributed by atoms with Crippen molar-refractivity contribution >= 4 is 17.4 Å². The zero-order chi connectivity index (χ0) is 13.7. The lowest BCUT2D eigenvalue weighted by atomic mass is 10.0. The van der Waals surface area contributed by atoms with Crippen LogP contribution in [0.5, 0.6) is 5.75 Å². The predicted octanol–water partition coefficient (Wildman–Crippen LogP) is 3.32. The molecule has 0 aliphatic heterocycles. The van der Waals surface area contributed by atoms with Gasteiger partial charge in [-0.3, -0.25) is 4.79 Å². The Hall–Kier alpha value is -1.06. The van der Waals surface area contributed by atoms with Gasteiger partial charge in [-0.1, -0.05) is 17.7 Å². The zero-order valence-electron chi connectivity index (χ0n) is 11.4. The minimum atomic E-state index is 0.0516. The summed E-state index contributed by atoms with van der Waals surface area (Å²) in [6.07, 6.45) is 0.483. The molecule has 0 N–H and O–H groups in total. The van der Waals surface area contributed by atoms with Crippen LogP contribution in [0, 0.1) is 0 Å². The summed E-state index contributed by atoms with van der Waals surface area (Å²) < 4.78 is 5.40. The molecule has 0 saturated heterocycles. The van der Waals surface area contributed by atoms with Crippen LogP contribution < -0.4 is 4.74 Å².